The number of para-hydroxylation sites is 1. The number of nitrogens with zero attached hydrogens (tertiary/aromatic N) is 2. The number of anilines is 4. The minimum atomic E-state index is -0.235. The van der Waals surface area contributed by atoms with Gasteiger partial charge >= 0.3 is 5.69 Å². The SMILES string of the molecule is CSc1ccccc1Nc1nc(Nc2ccc3[nH]c(=O)[nH]c3c2)ncc1Br.Cl. The zero-order valence-electron chi connectivity index (χ0n) is 14.6. The summed E-state index contributed by atoms with van der Waals surface area (Å²) in [6.45, 7) is 0. The first-order valence-electron chi connectivity index (χ1n) is 8.04. The van der Waals surface area contributed by atoms with Crippen molar-refractivity contribution in [1.82, 2.24) is 19.9 Å². The van der Waals surface area contributed by atoms with E-state index in [-0.39, 0.29) is 18.1 Å². The lowest BCUT2D eigenvalue weighted by Crippen LogP contribution is -2.02. The fourth-order valence-corrected chi connectivity index (χ4v) is 3.47. The number of H-pyrrole nitrogens is 2. The van der Waals surface area contributed by atoms with E-state index < -0.39 is 0 Å². The van der Waals surface area contributed by atoms with Gasteiger partial charge in [-0.2, -0.15) is 4.98 Å². The number of nitrogens with one attached hydrogen (secondary N) is 4. The number of aromatic nitrogens is 4. The maximum atomic E-state index is 11.4. The molecule has 0 aliphatic heterocycles. The Kier molecular flexibility index (Phi) is 6.28. The van der Waals surface area contributed by atoms with E-state index in [1.54, 1.807) is 18.0 Å². The minimum Gasteiger partial charge on any atom is -0.338 e. The Morgan fingerprint density at radius 3 is 2.68 bits per heavy atom. The quantitative estimate of drug-likeness (QED) is 0.299. The zero-order valence-corrected chi connectivity index (χ0v) is 17.8. The van der Waals surface area contributed by atoms with E-state index in [0.717, 1.165) is 26.3 Å². The molecule has 0 amide bonds. The topological polar surface area (TPSA) is 98.5 Å². The molecule has 4 rings (SSSR count). The summed E-state index contributed by atoms with van der Waals surface area (Å²) in [6.07, 6.45) is 3.72. The Labute approximate surface area is 179 Å². The molecule has 0 saturated heterocycles. The second kappa shape index (κ2) is 8.68. The maximum Gasteiger partial charge on any atom is 0.323 e. The number of hydrogen-bond acceptors (Lipinski definition) is 6. The number of thioether (sulfide) groups is 1. The molecular formula is C18H16BrClN6OS. The molecule has 0 spiro atoms. The monoisotopic (exact) mass is 478 g/mol. The molecule has 0 fully saturated rings. The summed E-state index contributed by atoms with van der Waals surface area (Å²) in [6, 6.07) is 13.5. The summed E-state index contributed by atoms with van der Waals surface area (Å²) in [5.74, 6) is 1.10. The third-order valence-electron chi connectivity index (χ3n) is 3.88. The number of halogens is 2. The normalized spacial score (nSPS) is 10.5. The van der Waals surface area contributed by atoms with Gasteiger partial charge in [0.25, 0.3) is 0 Å². The van der Waals surface area contributed by atoms with Gasteiger partial charge in [-0.1, -0.05) is 12.1 Å². The largest absolute Gasteiger partial charge is 0.338 e. The summed E-state index contributed by atoms with van der Waals surface area (Å²) in [5, 5.41) is 6.50. The van der Waals surface area contributed by atoms with Gasteiger partial charge < -0.3 is 20.6 Å². The first-order chi connectivity index (χ1) is 13.1. The third kappa shape index (κ3) is 4.32. The summed E-state index contributed by atoms with van der Waals surface area (Å²) >= 11 is 5.15. The van der Waals surface area contributed by atoms with Gasteiger partial charge in [0.2, 0.25) is 5.95 Å². The molecule has 0 unspecified atom stereocenters. The standard InChI is InChI=1S/C18H15BrN6OS.ClH/c1-27-15-5-3-2-4-13(15)22-16-11(19)9-20-17(25-16)21-10-6-7-12-14(8-10)24-18(26)23-12;/h2-9H,1H3,(H2,23,24,26)(H2,20,21,22,25);1H. The van der Waals surface area contributed by atoms with Crippen molar-refractivity contribution in [3.05, 3.63) is 63.6 Å². The van der Waals surface area contributed by atoms with E-state index >= 15 is 0 Å². The van der Waals surface area contributed by atoms with Crippen molar-refractivity contribution in [2.45, 2.75) is 4.90 Å². The van der Waals surface area contributed by atoms with Gasteiger partial charge in [-0.3, -0.25) is 0 Å². The van der Waals surface area contributed by atoms with E-state index in [2.05, 4.69) is 46.5 Å². The average molecular weight is 480 g/mol. The van der Waals surface area contributed by atoms with E-state index in [4.69, 9.17) is 0 Å². The minimum absolute atomic E-state index is 0. The Morgan fingerprint density at radius 1 is 1.07 bits per heavy atom. The fourth-order valence-electron chi connectivity index (χ4n) is 2.63. The Bertz CT molecular complexity index is 1180. The molecule has 0 radical (unpaired) electrons. The molecule has 10 heteroatoms. The van der Waals surface area contributed by atoms with Crippen molar-refractivity contribution in [3.63, 3.8) is 0 Å². The zero-order chi connectivity index (χ0) is 18.8. The van der Waals surface area contributed by atoms with Gasteiger partial charge in [-0.25, -0.2) is 9.78 Å². The maximum absolute atomic E-state index is 11.4. The van der Waals surface area contributed by atoms with Crippen LogP contribution in [0.1, 0.15) is 0 Å². The lowest BCUT2D eigenvalue weighted by molar-refractivity contribution is 1.15. The van der Waals surface area contributed by atoms with Gasteiger partial charge in [0.1, 0.15) is 5.82 Å². The van der Waals surface area contributed by atoms with Crippen LogP contribution in [0, 0.1) is 0 Å². The van der Waals surface area contributed by atoms with Gasteiger partial charge in [0, 0.05) is 16.8 Å². The van der Waals surface area contributed by atoms with Crippen LogP contribution in [-0.2, 0) is 0 Å². The number of aromatic amines is 2. The van der Waals surface area contributed by atoms with Crippen LogP contribution in [0.3, 0.4) is 0 Å². The average Bonchev–Trinajstić information content (AvgIpc) is 3.04. The van der Waals surface area contributed by atoms with Crippen molar-refractivity contribution >= 4 is 74.3 Å². The fraction of sp³-hybridized carbons (Fsp3) is 0.0556. The second-order valence-electron chi connectivity index (χ2n) is 5.68. The number of fused-ring (bicyclic) bond motifs is 1. The van der Waals surface area contributed by atoms with Crippen LogP contribution in [0.5, 0.6) is 0 Å². The highest BCUT2D eigenvalue weighted by atomic mass is 79.9. The van der Waals surface area contributed by atoms with Crippen molar-refractivity contribution < 1.29 is 0 Å². The first kappa shape index (κ1) is 20.2. The van der Waals surface area contributed by atoms with Crippen molar-refractivity contribution in [1.29, 1.82) is 0 Å². The van der Waals surface area contributed by atoms with Crippen molar-refractivity contribution in [3.8, 4) is 0 Å². The van der Waals surface area contributed by atoms with Crippen molar-refractivity contribution in [2.24, 2.45) is 0 Å². The lowest BCUT2D eigenvalue weighted by atomic mass is 10.3. The first-order valence-corrected chi connectivity index (χ1v) is 10.1. The molecule has 28 heavy (non-hydrogen) atoms. The second-order valence-corrected chi connectivity index (χ2v) is 7.38. The summed E-state index contributed by atoms with van der Waals surface area (Å²) < 4.78 is 0.759. The lowest BCUT2D eigenvalue weighted by Gasteiger charge is -2.12. The highest BCUT2D eigenvalue weighted by molar-refractivity contribution is 9.10. The molecule has 0 atom stereocenters. The van der Waals surface area contributed by atoms with Crippen LogP contribution in [0.25, 0.3) is 11.0 Å². The van der Waals surface area contributed by atoms with E-state index in [0.29, 0.717) is 17.3 Å². The molecule has 0 aliphatic carbocycles. The van der Waals surface area contributed by atoms with Crippen LogP contribution in [0.2, 0.25) is 0 Å². The number of imidazole rings is 1. The summed E-state index contributed by atoms with van der Waals surface area (Å²) in [5.41, 5.74) is 2.98. The highest BCUT2D eigenvalue weighted by Gasteiger charge is 2.09. The number of benzene rings is 2. The molecule has 4 aromatic rings. The molecule has 0 aliphatic rings. The van der Waals surface area contributed by atoms with E-state index in [1.165, 1.54) is 0 Å². The Morgan fingerprint density at radius 2 is 1.86 bits per heavy atom. The molecule has 4 N–H and O–H groups in total. The smallest absolute Gasteiger partial charge is 0.323 e. The van der Waals surface area contributed by atoms with E-state index in [1.807, 2.05) is 48.7 Å². The molecule has 2 aromatic heterocycles. The summed E-state index contributed by atoms with van der Waals surface area (Å²) in [7, 11) is 0. The summed E-state index contributed by atoms with van der Waals surface area (Å²) in [4.78, 5) is 26.8. The molecule has 7 nitrogen and oxygen atoms in total. The van der Waals surface area contributed by atoms with Gasteiger partial charge in [0.15, 0.2) is 0 Å². The molecule has 0 bridgehead atoms. The van der Waals surface area contributed by atoms with Crippen molar-refractivity contribution in [2.75, 3.05) is 16.9 Å². The Balaban J connectivity index is 0.00000225. The van der Waals surface area contributed by atoms with Gasteiger partial charge in [-0.05, 0) is 52.5 Å². The highest BCUT2D eigenvalue weighted by Crippen LogP contribution is 2.30. The Hall–Kier alpha value is -2.49. The number of rotatable bonds is 5. The third-order valence-corrected chi connectivity index (χ3v) is 5.25. The molecule has 2 heterocycles. The predicted molar refractivity (Wildman–Crippen MR) is 121 cm³/mol. The molecular weight excluding hydrogens is 464 g/mol. The molecule has 0 saturated carbocycles. The predicted octanol–water partition coefficient (Wildman–Crippen LogP) is 5.04. The van der Waals surface area contributed by atoms with Crippen LogP contribution in [-0.4, -0.2) is 26.2 Å². The molecule has 2 aromatic carbocycles. The van der Waals surface area contributed by atoms with E-state index in [9.17, 15) is 4.79 Å². The van der Waals surface area contributed by atoms with Gasteiger partial charge in [0.05, 0.1) is 21.2 Å². The van der Waals surface area contributed by atoms with Crippen LogP contribution in [0.15, 0.2) is 62.8 Å². The van der Waals surface area contributed by atoms with Crippen LogP contribution < -0.4 is 16.3 Å². The van der Waals surface area contributed by atoms with Crippen LogP contribution in [0.4, 0.5) is 23.1 Å². The van der Waals surface area contributed by atoms with Crippen LogP contribution >= 0.6 is 40.1 Å². The molecule has 144 valence electrons. The van der Waals surface area contributed by atoms with Gasteiger partial charge in [-0.15, -0.1) is 24.2 Å². The number of hydrogen-bond donors (Lipinski definition) is 4.